The Bertz CT molecular complexity index is 954. The minimum absolute atomic E-state index is 0.0586. The van der Waals surface area contributed by atoms with Gasteiger partial charge in [0.05, 0.1) is 0 Å². The quantitative estimate of drug-likeness (QED) is 0.291. The highest BCUT2D eigenvalue weighted by atomic mass is 19.4. The van der Waals surface area contributed by atoms with Crippen molar-refractivity contribution in [2.75, 3.05) is 0 Å². The van der Waals surface area contributed by atoms with Crippen molar-refractivity contribution >= 4 is 10.8 Å². The third kappa shape index (κ3) is 5.99. The zero-order valence-corrected chi connectivity index (χ0v) is 19.2. The van der Waals surface area contributed by atoms with Gasteiger partial charge < -0.3 is 4.74 Å². The predicted octanol–water partition coefficient (Wildman–Crippen LogP) is 9.29. The van der Waals surface area contributed by atoms with E-state index >= 15 is 0 Å². The van der Waals surface area contributed by atoms with Crippen LogP contribution >= 0.6 is 0 Å². The number of fused-ring (bicyclic) bond motifs is 2. The van der Waals surface area contributed by atoms with Gasteiger partial charge in [0.15, 0.2) is 11.6 Å². The van der Waals surface area contributed by atoms with Crippen molar-refractivity contribution < 1.29 is 26.7 Å². The summed E-state index contributed by atoms with van der Waals surface area (Å²) in [7, 11) is 0. The molecule has 0 heterocycles. The van der Waals surface area contributed by atoms with E-state index in [1.165, 1.54) is 57.4 Å². The Labute approximate surface area is 192 Å². The lowest BCUT2D eigenvalue weighted by atomic mass is 9.63. The van der Waals surface area contributed by atoms with Crippen molar-refractivity contribution in [3.63, 3.8) is 0 Å². The van der Waals surface area contributed by atoms with Crippen LogP contribution in [0.25, 0.3) is 10.8 Å². The minimum atomic E-state index is -5.03. The number of benzene rings is 2. The summed E-state index contributed by atoms with van der Waals surface area (Å²) in [5.74, 6) is -0.336. The van der Waals surface area contributed by atoms with Crippen LogP contribution in [0.1, 0.15) is 89.0 Å². The summed E-state index contributed by atoms with van der Waals surface area (Å²) in [6.07, 6.45) is 8.50. The van der Waals surface area contributed by atoms with Crippen LogP contribution in [0.15, 0.2) is 24.3 Å². The summed E-state index contributed by atoms with van der Waals surface area (Å²) in [5, 5.41) is 0.214. The van der Waals surface area contributed by atoms with E-state index in [4.69, 9.17) is 0 Å². The molecule has 2 aliphatic rings. The number of unbranched alkanes of at least 4 members (excludes halogenated alkanes) is 3. The second kappa shape index (κ2) is 10.2. The SMILES string of the molecule is CCCCCCC1CCC2CC(c3cc(F)c4cc(OC(F)(F)F)c(F)cc4c3)CCC2C1. The van der Waals surface area contributed by atoms with Gasteiger partial charge in [0.1, 0.15) is 5.82 Å². The molecular weight excluding hydrogens is 435 g/mol. The van der Waals surface area contributed by atoms with E-state index in [2.05, 4.69) is 11.7 Å². The average molecular weight is 469 g/mol. The Morgan fingerprint density at radius 2 is 1.61 bits per heavy atom. The largest absolute Gasteiger partial charge is 0.573 e. The molecule has 0 spiro atoms. The first-order valence-electron chi connectivity index (χ1n) is 12.4. The molecule has 6 heteroatoms. The summed E-state index contributed by atoms with van der Waals surface area (Å²) in [5.41, 5.74) is 0.823. The number of rotatable bonds is 7. The van der Waals surface area contributed by atoms with Gasteiger partial charge in [0.2, 0.25) is 0 Å². The van der Waals surface area contributed by atoms with Gasteiger partial charge in [0.25, 0.3) is 0 Å². The van der Waals surface area contributed by atoms with E-state index in [0.29, 0.717) is 5.92 Å². The lowest BCUT2D eigenvalue weighted by Gasteiger charge is -2.42. The van der Waals surface area contributed by atoms with Crippen molar-refractivity contribution in [2.45, 2.75) is 89.8 Å². The lowest BCUT2D eigenvalue weighted by Crippen LogP contribution is -2.30. The molecule has 2 aromatic rings. The summed E-state index contributed by atoms with van der Waals surface area (Å²) < 4.78 is 70.2. The van der Waals surface area contributed by atoms with Gasteiger partial charge in [-0.15, -0.1) is 13.2 Å². The highest BCUT2D eigenvalue weighted by Crippen LogP contribution is 2.49. The Hall–Kier alpha value is -1.85. The zero-order valence-electron chi connectivity index (χ0n) is 19.2. The monoisotopic (exact) mass is 468 g/mol. The number of ether oxygens (including phenoxy) is 1. The standard InChI is InChI=1S/C27H33F5O/c1-2-3-4-5-6-17-7-8-19-12-20(10-9-18(19)11-17)21-13-22-15-25(29)26(33-27(30,31)32)16-23(22)24(28)14-21/h13-20H,2-12H2,1H3. The van der Waals surface area contributed by atoms with Crippen LogP contribution in [0.3, 0.4) is 0 Å². The van der Waals surface area contributed by atoms with Crippen molar-refractivity contribution in [2.24, 2.45) is 17.8 Å². The first-order valence-corrected chi connectivity index (χ1v) is 12.4. The molecule has 2 aliphatic carbocycles. The first-order chi connectivity index (χ1) is 15.7. The van der Waals surface area contributed by atoms with Crippen LogP contribution in [0.4, 0.5) is 22.0 Å². The smallest absolute Gasteiger partial charge is 0.403 e. The van der Waals surface area contributed by atoms with Crippen LogP contribution in [-0.2, 0) is 0 Å². The molecule has 4 unspecified atom stereocenters. The second-order valence-electron chi connectivity index (χ2n) is 10.1. The van der Waals surface area contributed by atoms with Crippen LogP contribution in [0.5, 0.6) is 5.75 Å². The molecule has 0 amide bonds. The molecule has 1 nitrogen and oxygen atoms in total. The Balaban J connectivity index is 1.43. The highest BCUT2D eigenvalue weighted by Gasteiger charge is 2.36. The molecule has 4 rings (SSSR count). The zero-order chi connectivity index (χ0) is 23.6. The molecule has 182 valence electrons. The topological polar surface area (TPSA) is 9.23 Å². The van der Waals surface area contributed by atoms with Gasteiger partial charge in [-0.1, -0.05) is 51.5 Å². The normalized spacial score (nSPS) is 25.8. The molecule has 33 heavy (non-hydrogen) atoms. The predicted molar refractivity (Wildman–Crippen MR) is 120 cm³/mol. The number of hydrogen-bond acceptors (Lipinski definition) is 1. The van der Waals surface area contributed by atoms with Gasteiger partial charge >= 0.3 is 6.36 Å². The molecule has 0 aromatic heterocycles. The van der Waals surface area contributed by atoms with E-state index in [-0.39, 0.29) is 16.7 Å². The molecule has 0 N–H and O–H groups in total. The average Bonchev–Trinajstić information content (AvgIpc) is 2.76. The fraction of sp³-hybridized carbons (Fsp3) is 0.630. The summed E-state index contributed by atoms with van der Waals surface area (Å²) >= 11 is 0. The molecular formula is C27H33F5O. The van der Waals surface area contributed by atoms with Gasteiger partial charge in [-0.05, 0) is 84.9 Å². The fourth-order valence-electron chi connectivity index (χ4n) is 6.19. The molecule has 4 atom stereocenters. The lowest BCUT2D eigenvalue weighted by molar-refractivity contribution is -0.275. The van der Waals surface area contributed by atoms with E-state index in [1.807, 2.05) is 0 Å². The van der Waals surface area contributed by atoms with Crippen LogP contribution in [-0.4, -0.2) is 6.36 Å². The van der Waals surface area contributed by atoms with Crippen molar-refractivity contribution in [1.29, 1.82) is 0 Å². The van der Waals surface area contributed by atoms with Crippen LogP contribution < -0.4 is 4.74 Å². The van der Waals surface area contributed by atoms with Crippen molar-refractivity contribution in [1.82, 2.24) is 0 Å². The summed E-state index contributed by atoms with van der Waals surface area (Å²) in [6.45, 7) is 2.24. The molecule has 0 aliphatic heterocycles. The van der Waals surface area contributed by atoms with E-state index in [9.17, 15) is 22.0 Å². The van der Waals surface area contributed by atoms with Gasteiger partial charge in [0, 0.05) is 5.39 Å². The van der Waals surface area contributed by atoms with Gasteiger partial charge in [-0.3, -0.25) is 0 Å². The van der Waals surface area contributed by atoms with Crippen molar-refractivity contribution in [3.8, 4) is 5.75 Å². The van der Waals surface area contributed by atoms with E-state index in [1.54, 1.807) is 6.07 Å². The first kappa shape index (κ1) is 24.3. The molecule has 2 saturated carbocycles. The fourth-order valence-corrected chi connectivity index (χ4v) is 6.19. The summed E-state index contributed by atoms with van der Waals surface area (Å²) in [4.78, 5) is 0. The second-order valence-corrected chi connectivity index (χ2v) is 10.1. The van der Waals surface area contributed by atoms with E-state index in [0.717, 1.165) is 48.8 Å². The third-order valence-corrected chi connectivity index (χ3v) is 7.86. The molecule has 0 radical (unpaired) electrons. The molecule has 2 fully saturated rings. The maximum absolute atomic E-state index is 14.8. The van der Waals surface area contributed by atoms with Crippen LogP contribution in [0, 0.1) is 29.4 Å². The maximum atomic E-state index is 14.8. The minimum Gasteiger partial charge on any atom is -0.403 e. The molecule has 0 saturated heterocycles. The Kier molecular flexibility index (Phi) is 7.49. The van der Waals surface area contributed by atoms with E-state index < -0.39 is 23.7 Å². The van der Waals surface area contributed by atoms with Gasteiger partial charge in [-0.2, -0.15) is 0 Å². The number of halogens is 5. The summed E-state index contributed by atoms with van der Waals surface area (Å²) in [6, 6.07) is 4.90. The number of hydrogen-bond donors (Lipinski definition) is 0. The third-order valence-electron chi connectivity index (χ3n) is 7.86. The van der Waals surface area contributed by atoms with Crippen LogP contribution in [0.2, 0.25) is 0 Å². The molecule has 2 aromatic carbocycles. The van der Waals surface area contributed by atoms with Gasteiger partial charge in [-0.25, -0.2) is 8.78 Å². The highest BCUT2D eigenvalue weighted by molar-refractivity contribution is 5.85. The molecule has 0 bridgehead atoms. The Morgan fingerprint density at radius 3 is 2.36 bits per heavy atom. The Morgan fingerprint density at radius 1 is 0.848 bits per heavy atom. The maximum Gasteiger partial charge on any atom is 0.573 e. The number of alkyl halides is 3. The van der Waals surface area contributed by atoms with Crippen molar-refractivity contribution in [3.05, 3.63) is 41.5 Å².